The Morgan fingerprint density at radius 3 is 2.53 bits per heavy atom. The van der Waals surface area contributed by atoms with Gasteiger partial charge in [0.15, 0.2) is 11.2 Å². The van der Waals surface area contributed by atoms with Crippen molar-refractivity contribution in [1.29, 1.82) is 0 Å². The number of rotatable bonds is 6. The van der Waals surface area contributed by atoms with Crippen molar-refractivity contribution in [1.82, 2.24) is 19.1 Å². The van der Waals surface area contributed by atoms with Gasteiger partial charge >= 0.3 is 5.69 Å². The van der Waals surface area contributed by atoms with Crippen molar-refractivity contribution in [2.45, 2.75) is 20.0 Å². The molecule has 2 aromatic carbocycles. The van der Waals surface area contributed by atoms with Crippen LogP contribution < -0.4 is 21.3 Å². The number of hydrogen-bond acceptors (Lipinski definition) is 6. The summed E-state index contributed by atoms with van der Waals surface area (Å²) in [6.45, 7) is 1.60. The zero-order chi connectivity index (χ0) is 22.7. The van der Waals surface area contributed by atoms with Gasteiger partial charge in [-0.1, -0.05) is 36.4 Å². The second kappa shape index (κ2) is 8.84. The minimum absolute atomic E-state index is 0.0176. The summed E-state index contributed by atoms with van der Waals surface area (Å²) in [6, 6.07) is 14.5. The van der Waals surface area contributed by atoms with Crippen molar-refractivity contribution in [2.75, 3.05) is 12.4 Å². The molecule has 32 heavy (non-hydrogen) atoms. The molecule has 0 unspecified atom stereocenters. The summed E-state index contributed by atoms with van der Waals surface area (Å²) < 4.78 is 7.51. The van der Waals surface area contributed by atoms with E-state index in [9.17, 15) is 14.4 Å². The monoisotopic (exact) mass is 431 g/mol. The lowest BCUT2D eigenvalue weighted by molar-refractivity contribution is -0.116. The van der Waals surface area contributed by atoms with Crippen LogP contribution >= 0.6 is 0 Å². The van der Waals surface area contributed by atoms with E-state index < -0.39 is 17.2 Å². The number of nitrogens with one attached hydrogen (secondary N) is 1. The highest BCUT2D eigenvalue weighted by atomic mass is 16.5. The molecule has 0 aliphatic rings. The minimum Gasteiger partial charge on any atom is -0.495 e. The SMILES string of the molecule is COc1ccc(C)cc1NC(=O)Cn1c(=O)n(Cc2ccccc2)c(=O)c2nccnc21. The van der Waals surface area contributed by atoms with Crippen molar-refractivity contribution < 1.29 is 9.53 Å². The van der Waals surface area contributed by atoms with Crippen molar-refractivity contribution in [2.24, 2.45) is 0 Å². The molecule has 0 saturated carbocycles. The molecule has 0 radical (unpaired) electrons. The fraction of sp³-hybridized carbons (Fsp3) is 0.174. The van der Waals surface area contributed by atoms with Gasteiger partial charge in [-0.05, 0) is 30.2 Å². The van der Waals surface area contributed by atoms with Gasteiger partial charge in [0.05, 0.1) is 19.3 Å². The van der Waals surface area contributed by atoms with E-state index in [0.717, 1.165) is 20.3 Å². The molecule has 0 fully saturated rings. The Morgan fingerprint density at radius 2 is 1.78 bits per heavy atom. The van der Waals surface area contributed by atoms with Gasteiger partial charge in [-0.3, -0.25) is 18.7 Å². The predicted octanol–water partition coefficient (Wildman–Crippen LogP) is 1.96. The lowest BCUT2D eigenvalue weighted by Gasteiger charge is -2.14. The Hall–Kier alpha value is -4.27. The molecule has 9 heteroatoms. The molecule has 0 aliphatic heterocycles. The first-order valence-electron chi connectivity index (χ1n) is 9.90. The number of hydrogen-bond donors (Lipinski definition) is 1. The van der Waals surface area contributed by atoms with E-state index in [4.69, 9.17) is 4.74 Å². The van der Waals surface area contributed by atoms with Crippen molar-refractivity contribution in [3.05, 3.63) is 92.9 Å². The first kappa shape index (κ1) is 21.0. The molecule has 1 amide bonds. The third-order valence-electron chi connectivity index (χ3n) is 4.96. The molecule has 0 saturated heterocycles. The van der Waals surface area contributed by atoms with Crippen LogP contribution in [0.25, 0.3) is 11.2 Å². The van der Waals surface area contributed by atoms with Crippen LogP contribution in [0.2, 0.25) is 0 Å². The van der Waals surface area contributed by atoms with Gasteiger partial charge in [0.2, 0.25) is 5.91 Å². The van der Waals surface area contributed by atoms with Crippen LogP contribution in [0, 0.1) is 6.92 Å². The maximum atomic E-state index is 13.2. The van der Waals surface area contributed by atoms with Crippen LogP contribution in [-0.2, 0) is 17.9 Å². The molecule has 2 aromatic heterocycles. The maximum absolute atomic E-state index is 13.2. The average molecular weight is 431 g/mol. The highest BCUT2D eigenvalue weighted by Crippen LogP contribution is 2.25. The first-order valence-corrected chi connectivity index (χ1v) is 9.90. The summed E-state index contributed by atoms with van der Waals surface area (Å²) in [5.41, 5.74) is 1.07. The van der Waals surface area contributed by atoms with Crippen molar-refractivity contribution >= 4 is 22.8 Å². The van der Waals surface area contributed by atoms with E-state index in [1.807, 2.05) is 43.3 Å². The third-order valence-corrected chi connectivity index (χ3v) is 4.96. The molecular formula is C23H21N5O4. The van der Waals surface area contributed by atoms with E-state index in [-0.39, 0.29) is 24.3 Å². The number of methoxy groups -OCH3 is 1. The highest BCUT2D eigenvalue weighted by Gasteiger charge is 2.18. The van der Waals surface area contributed by atoms with Gasteiger partial charge in [-0.25, -0.2) is 14.8 Å². The number of aryl methyl sites for hydroxylation is 1. The number of ether oxygens (including phenoxy) is 1. The summed E-state index contributed by atoms with van der Waals surface area (Å²) in [4.78, 5) is 47.3. The number of carbonyl (C=O) groups excluding carboxylic acids is 1. The third kappa shape index (κ3) is 4.13. The molecule has 0 spiro atoms. The molecule has 0 atom stereocenters. The number of nitrogens with zero attached hydrogens (tertiary/aromatic N) is 4. The summed E-state index contributed by atoms with van der Waals surface area (Å²) in [5.74, 6) is 0.0304. The van der Waals surface area contributed by atoms with Crippen molar-refractivity contribution in [3.8, 4) is 5.75 Å². The Labute approximate surface area is 182 Å². The smallest absolute Gasteiger partial charge is 0.333 e. The fourth-order valence-electron chi connectivity index (χ4n) is 3.43. The topological polar surface area (TPSA) is 108 Å². The Kier molecular flexibility index (Phi) is 5.80. The molecule has 0 aliphatic carbocycles. The van der Waals surface area contributed by atoms with E-state index in [0.29, 0.717) is 11.4 Å². The fourth-order valence-corrected chi connectivity index (χ4v) is 3.43. The zero-order valence-corrected chi connectivity index (χ0v) is 17.6. The van der Waals surface area contributed by atoms with E-state index >= 15 is 0 Å². The predicted molar refractivity (Wildman–Crippen MR) is 120 cm³/mol. The second-order valence-corrected chi connectivity index (χ2v) is 7.23. The number of aromatic nitrogens is 4. The molecule has 0 bridgehead atoms. The lowest BCUT2D eigenvalue weighted by Crippen LogP contribution is -2.42. The summed E-state index contributed by atoms with van der Waals surface area (Å²) >= 11 is 0. The lowest BCUT2D eigenvalue weighted by atomic mass is 10.2. The van der Waals surface area contributed by atoms with Gasteiger partial charge in [-0.15, -0.1) is 0 Å². The van der Waals surface area contributed by atoms with Crippen LogP contribution in [-0.4, -0.2) is 32.1 Å². The highest BCUT2D eigenvalue weighted by molar-refractivity contribution is 5.92. The average Bonchev–Trinajstić information content (AvgIpc) is 2.80. The minimum atomic E-state index is -0.641. The summed E-state index contributed by atoms with van der Waals surface area (Å²) in [7, 11) is 1.51. The van der Waals surface area contributed by atoms with Gasteiger partial charge in [-0.2, -0.15) is 0 Å². The van der Waals surface area contributed by atoms with E-state index in [2.05, 4.69) is 15.3 Å². The second-order valence-electron chi connectivity index (χ2n) is 7.23. The Morgan fingerprint density at radius 1 is 1.03 bits per heavy atom. The quantitative estimate of drug-likeness (QED) is 0.500. The van der Waals surface area contributed by atoms with Gasteiger partial charge in [0, 0.05) is 12.4 Å². The number of anilines is 1. The molecule has 9 nitrogen and oxygen atoms in total. The first-order chi connectivity index (χ1) is 15.5. The summed E-state index contributed by atoms with van der Waals surface area (Å²) in [5, 5.41) is 2.77. The Balaban J connectivity index is 1.75. The van der Waals surface area contributed by atoms with E-state index in [1.165, 1.54) is 19.5 Å². The number of fused-ring (bicyclic) bond motifs is 1. The molecule has 4 rings (SSSR count). The van der Waals surface area contributed by atoms with Crippen LogP contribution in [0.3, 0.4) is 0 Å². The van der Waals surface area contributed by atoms with Crippen LogP contribution in [0.4, 0.5) is 5.69 Å². The zero-order valence-electron chi connectivity index (χ0n) is 17.6. The van der Waals surface area contributed by atoms with Gasteiger partial charge in [0.1, 0.15) is 12.3 Å². The number of amides is 1. The molecular weight excluding hydrogens is 410 g/mol. The number of benzene rings is 2. The van der Waals surface area contributed by atoms with Crippen molar-refractivity contribution in [3.63, 3.8) is 0 Å². The largest absolute Gasteiger partial charge is 0.495 e. The van der Waals surface area contributed by atoms with Crippen LogP contribution in [0.1, 0.15) is 11.1 Å². The van der Waals surface area contributed by atoms with Crippen LogP contribution in [0.15, 0.2) is 70.5 Å². The standard InChI is InChI=1S/C23H21N5O4/c1-15-8-9-18(32-2)17(12-15)26-19(29)14-27-21-20(24-10-11-25-21)22(30)28(23(27)31)13-16-6-4-3-5-7-16/h3-12H,13-14H2,1-2H3,(H,26,29). The molecule has 1 N–H and O–H groups in total. The normalized spacial score (nSPS) is 10.8. The van der Waals surface area contributed by atoms with Crippen LogP contribution in [0.5, 0.6) is 5.75 Å². The van der Waals surface area contributed by atoms with E-state index in [1.54, 1.807) is 12.1 Å². The van der Waals surface area contributed by atoms with Gasteiger partial charge in [0.25, 0.3) is 5.56 Å². The number of carbonyl (C=O) groups is 1. The molecule has 162 valence electrons. The molecule has 2 heterocycles. The maximum Gasteiger partial charge on any atom is 0.333 e. The Bertz CT molecular complexity index is 1410. The van der Waals surface area contributed by atoms with Gasteiger partial charge < -0.3 is 10.1 Å². The summed E-state index contributed by atoms with van der Waals surface area (Å²) in [6.07, 6.45) is 2.75. The molecule has 4 aromatic rings.